The lowest BCUT2D eigenvalue weighted by Crippen LogP contribution is -2.45. The van der Waals surface area contributed by atoms with Gasteiger partial charge in [-0.15, -0.1) is 0 Å². The molecule has 194 valence electrons. The molecule has 0 aliphatic carbocycles. The number of methoxy groups -OCH3 is 3. The molecule has 0 saturated carbocycles. The van der Waals surface area contributed by atoms with E-state index >= 15 is 0 Å². The molecule has 0 N–H and O–H groups in total. The van der Waals surface area contributed by atoms with E-state index in [1.165, 1.54) is 25.1 Å². The van der Waals surface area contributed by atoms with Crippen molar-refractivity contribution < 1.29 is 28.6 Å². The maximum absolute atomic E-state index is 13.1. The van der Waals surface area contributed by atoms with Crippen molar-refractivity contribution in [3.63, 3.8) is 0 Å². The highest BCUT2D eigenvalue weighted by atomic mass is 16.7. The number of esters is 2. The minimum atomic E-state index is -1.09. The summed E-state index contributed by atoms with van der Waals surface area (Å²) in [5, 5.41) is 3.92. The number of aryl methyl sites for hydroxylation is 1. The number of ether oxygens (including phenoxy) is 3. The van der Waals surface area contributed by atoms with Crippen LogP contribution in [0.5, 0.6) is 0 Å². The zero-order valence-corrected chi connectivity index (χ0v) is 22.0. The van der Waals surface area contributed by atoms with Crippen LogP contribution in [0.25, 0.3) is 27.9 Å². The zero-order valence-electron chi connectivity index (χ0n) is 22.0. The van der Waals surface area contributed by atoms with E-state index in [4.69, 9.17) is 19.0 Å². The topological polar surface area (TPSA) is 79.2 Å². The van der Waals surface area contributed by atoms with Crippen LogP contribution >= 0.6 is 0 Å². The molecule has 8 nitrogen and oxygen atoms in total. The third-order valence-electron chi connectivity index (χ3n) is 7.50. The van der Waals surface area contributed by atoms with Gasteiger partial charge in [-0.3, -0.25) is 0 Å². The highest BCUT2D eigenvalue weighted by molar-refractivity contribution is 6.08. The molecule has 1 fully saturated rings. The summed E-state index contributed by atoms with van der Waals surface area (Å²) in [5.74, 6) is -1.58. The quantitative estimate of drug-likeness (QED) is 0.446. The first-order valence-corrected chi connectivity index (χ1v) is 12.3. The van der Waals surface area contributed by atoms with Crippen LogP contribution in [0.15, 0.2) is 59.9 Å². The van der Waals surface area contributed by atoms with Gasteiger partial charge in [0.25, 0.3) is 0 Å². The molecule has 1 aromatic heterocycles. The highest BCUT2D eigenvalue weighted by Gasteiger charge is 2.65. The van der Waals surface area contributed by atoms with Crippen LogP contribution in [0, 0.1) is 5.41 Å². The number of nitrogens with zero attached hydrogens (tertiary/aromatic N) is 2. The summed E-state index contributed by atoms with van der Waals surface area (Å²) in [4.78, 5) is 31.7. The Morgan fingerprint density at radius 1 is 1.03 bits per heavy atom. The van der Waals surface area contributed by atoms with E-state index in [-0.39, 0.29) is 11.3 Å². The van der Waals surface area contributed by atoms with Crippen LogP contribution in [0.4, 0.5) is 0 Å². The first-order valence-electron chi connectivity index (χ1n) is 12.3. The van der Waals surface area contributed by atoms with Crippen molar-refractivity contribution in [2.24, 2.45) is 5.41 Å². The van der Waals surface area contributed by atoms with Gasteiger partial charge in [0.1, 0.15) is 17.3 Å². The smallest absolute Gasteiger partial charge is 0.376 e. The average molecular weight is 505 g/mol. The van der Waals surface area contributed by atoms with Crippen LogP contribution < -0.4 is 0 Å². The second-order valence-corrected chi connectivity index (χ2v) is 10.2. The van der Waals surface area contributed by atoms with Crippen molar-refractivity contribution in [2.75, 3.05) is 21.3 Å². The summed E-state index contributed by atoms with van der Waals surface area (Å²) >= 11 is 0. The summed E-state index contributed by atoms with van der Waals surface area (Å²) in [5.41, 5.74) is 1.92. The summed E-state index contributed by atoms with van der Waals surface area (Å²) in [6.45, 7) is 7.08. The van der Waals surface area contributed by atoms with Crippen LogP contribution in [0.3, 0.4) is 0 Å². The molecule has 3 heterocycles. The SMILES string of the molecule is CCn1c2ccccc2c2cc(/C=C/[C@@]34CC(C)(C)[C@@H](OC)N3OC(C(=O)OC)=C4C(=O)OC)ccc21. The Labute approximate surface area is 216 Å². The van der Waals surface area contributed by atoms with Gasteiger partial charge in [0.15, 0.2) is 0 Å². The standard InChI is InChI=1S/C29H32N2O6/c1-7-30-21-11-9-8-10-19(21)20-16-18(12-13-22(20)30)14-15-29-17-28(2,3)27(36-6)31(29)37-24(26(33)35-5)23(29)25(32)34-4/h8-16,27H,7,17H2,1-6H3/b15-14+/t27-,29+/m1/s1. The molecule has 2 aromatic carbocycles. The van der Waals surface area contributed by atoms with E-state index in [9.17, 15) is 9.59 Å². The second kappa shape index (κ2) is 9.04. The predicted molar refractivity (Wildman–Crippen MR) is 140 cm³/mol. The van der Waals surface area contributed by atoms with Gasteiger partial charge < -0.3 is 23.6 Å². The first-order chi connectivity index (χ1) is 17.7. The number of hydrogen-bond acceptors (Lipinski definition) is 7. The normalized spacial score (nSPS) is 23.1. The molecular weight excluding hydrogens is 472 g/mol. The van der Waals surface area contributed by atoms with Gasteiger partial charge in [-0.05, 0) is 37.1 Å². The first kappa shape index (κ1) is 25.0. The molecule has 0 radical (unpaired) electrons. The maximum Gasteiger partial charge on any atom is 0.376 e. The van der Waals surface area contributed by atoms with Gasteiger partial charge in [0, 0.05) is 40.9 Å². The number of hydroxylamine groups is 2. The lowest BCUT2D eigenvalue weighted by atomic mass is 9.78. The van der Waals surface area contributed by atoms with Gasteiger partial charge in [-0.2, -0.15) is 0 Å². The summed E-state index contributed by atoms with van der Waals surface area (Å²) in [6.07, 6.45) is 3.81. The Kier molecular flexibility index (Phi) is 6.12. The molecule has 8 heteroatoms. The molecule has 2 atom stereocenters. The number of para-hydroxylation sites is 1. The highest BCUT2D eigenvalue weighted by Crippen LogP contribution is 2.55. The van der Waals surface area contributed by atoms with E-state index in [2.05, 4.69) is 47.9 Å². The Morgan fingerprint density at radius 3 is 2.41 bits per heavy atom. The van der Waals surface area contributed by atoms with Gasteiger partial charge in [-0.1, -0.05) is 55.3 Å². The fraction of sp³-hybridized carbons (Fsp3) is 0.379. The zero-order chi connectivity index (χ0) is 26.5. The molecule has 0 spiro atoms. The summed E-state index contributed by atoms with van der Waals surface area (Å²) in [6, 6.07) is 14.7. The number of hydrogen-bond donors (Lipinski definition) is 0. The molecule has 0 bridgehead atoms. The van der Waals surface area contributed by atoms with Crippen molar-refractivity contribution in [3.8, 4) is 0 Å². The molecule has 37 heavy (non-hydrogen) atoms. The number of carbonyl (C=O) groups excluding carboxylic acids is 2. The number of rotatable bonds is 6. The van der Waals surface area contributed by atoms with Gasteiger partial charge in [0.2, 0.25) is 5.76 Å². The van der Waals surface area contributed by atoms with Crippen molar-refractivity contribution in [2.45, 2.75) is 45.5 Å². The Morgan fingerprint density at radius 2 is 1.73 bits per heavy atom. The van der Waals surface area contributed by atoms with E-state index < -0.39 is 29.1 Å². The largest absolute Gasteiger partial charge is 0.465 e. The van der Waals surface area contributed by atoms with E-state index in [1.807, 2.05) is 32.1 Å². The van der Waals surface area contributed by atoms with E-state index in [0.29, 0.717) is 6.42 Å². The van der Waals surface area contributed by atoms with Crippen LogP contribution in [-0.4, -0.2) is 54.7 Å². The molecular formula is C29H32N2O6. The third kappa shape index (κ3) is 3.66. The minimum absolute atomic E-state index is 0.106. The van der Waals surface area contributed by atoms with E-state index in [0.717, 1.165) is 23.0 Å². The molecule has 0 unspecified atom stereocenters. The molecule has 0 amide bonds. The number of fused-ring (bicyclic) bond motifs is 4. The fourth-order valence-corrected chi connectivity index (χ4v) is 6.04. The van der Waals surface area contributed by atoms with E-state index in [1.54, 1.807) is 12.2 Å². The molecule has 2 aliphatic heterocycles. The average Bonchev–Trinajstić information content (AvgIpc) is 3.46. The Bertz CT molecular complexity index is 1470. The Hall–Kier alpha value is -3.62. The number of aromatic nitrogens is 1. The second-order valence-electron chi connectivity index (χ2n) is 10.2. The lowest BCUT2D eigenvalue weighted by molar-refractivity contribution is -0.231. The fourth-order valence-electron chi connectivity index (χ4n) is 6.04. The minimum Gasteiger partial charge on any atom is -0.465 e. The van der Waals surface area contributed by atoms with Crippen molar-refractivity contribution in [1.82, 2.24) is 9.63 Å². The van der Waals surface area contributed by atoms with Crippen molar-refractivity contribution >= 4 is 39.8 Å². The molecule has 1 saturated heterocycles. The molecule has 3 aromatic rings. The van der Waals surface area contributed by atoms with Crippen molar-refractivity contribution in [1.29, 1.82) is 0 Å². The summed E-state index contributed by atoms with van der Waals surface area (Å²) in [7, 11) is 4.12. The molecule has 2 aliphatic rings. The lowest BCUT2D eigenvalue weighted by Gasteiger charge is -2.31. The van der Waals surface area contributed by atoms with Crippen molar-refractivity contribution in [3.05, 3.63) is 65.4 Å². The van der Waals surface area contributed by atoms with Gasteiger partial charge in [0.05, 0.1) is 14.2 Å². The monoisotopic (exact) mass is 504 g/mol. The predicted octanol–water partition coefficient (Wildman–Crippen LogP) is 4.82. The maximum atomic E-state index is 13.1. The molecule has 5 rings (SSSR count). The van der Waals surface area contributed by atoms with Gasteiger partial charge >= 0.3 is 11.9 Å². The number of benzene rings is 2. The van der Waals surface area contributed by atoms with Crippen LogP contribution in [0.2, 0.25) is 0 Å². The Balaban J connectivity index is 1.68. The van der Waals surface area contributed by atoms with Crippen LogP contribution in [-0.2, 0) is 35.2 Å². The number of carbonyl (C=O) groups is 2. The summed E-state index contributed by atoms with van der Waals surface area (Å²) < 4.78 is 18.1. The van der Waals surface area contributed by atoms with Crippen LogP contribution in [0.1, 0.15) is 32.8 Å². The third-order valence-corrected chi connectivity index (χ3v) is 7.50. The van der Waals surface area contributed by atoms with Gasteiger partial charge in [-0.25, -0.2) is 9.59 Å².